The van der Waals surface area contributed by atoms with Crippen molar-refractivity contribution in [3.63, 3.8) is 0 Å². The summed E-state index contributed by atoms with van der Waals surface area (Å²) in [5.74, 6) is -1.53. The van der Waals surface area contributed by atoms with E-state index in [0.717, 1.165) is 29.3 Å². The summed E-state index contributed by atoms with van der Waals surface area (Å²) in [5, 5.41) is 2.91. The van der Waals surface area contributed by atoms with E-state index >= 15 is 0 Å². The maximum Gasteiger partial charge on any atom is 0.254 e. The van der Waals surface area contributed by atoms with Crippen LogP contribution in [-0.2, 0) is 6.42 Å². The number of amides is 2. The molecule has 1 aromatic carbocycles. The topological polar surface area (TPSA) is 111 Å². The zero-order valence-electron chi connectivity index (χ0n) is 17.2. The molecule has 0 fully saturated rings. The second-order valence-electron chi connectivity index (χ2n) is 8.46. The first kappa shape index (κ1) is 20.6. The Morgan fingerprint density at radius 1 is 1.19 bits per heavy atom. The number of nitrogens with one attached hydrogen (secondary N) is 1. The number of nitrogens with two attached hydrogens (primary N) is 1. The van der Waals surface area contributed by atoms with E-state index in [1.807, 2.05) is 12.1 Å². The minimum absolute atomic E-state index is 0.00948. The molecule has 3 N–H and O–H groups in total. The number of carbonyl (C=O) groups is 2. The predicted molar refractivity (Wildman–Crippen MR) is 112 cm³/mol. The maximum atomic E-state index is 14.4. The number of hydrogen-bond acceptors (Lipinski definition) is 5. The van der Waals surface area contributed by atoms with Crippen molar-refractivity contribution in [1.29, 1.82) is 0 Å². The van der Waals surface area contributed by atoms with Crippen LogP contribution >= 0.6 is 0 Å². The van der Waals surface area contributed by atoms with Crippen molar-refractivity contribution in [2.45, 2.75) is 32.7 Å². The molecule has 0 aliphatic heterocycles. The molecule has 1 unspecified atom stereocenters. The van der Waals surface area contributed by atoms with E-state index in [1.54, 1.807) is 18.6 Å². The number of pyridine rings is 1. The lowest BCUT2D eigenvalue weighted by atomic mass is 9.74. The fraction of sp³-hybridized carbons (Fsp3) is 0.261. The van der Waals surface area contributed by atoms with Crippen molar-refractivity contribution >= 4 is 11.8 Å². The third-order valence-electron chi connectivity index (χ3n) is 5.42. The summed E-state index contributed by atoms with van der Waals surface area (Å²) in [5.41, 5.74) is 7.44. The number of rotatable bonds is 4. The molecule has 2 heterocycles. The van der Waals surface area contributed by atoms with Gasteiger partial charge < -0.3 is 11.1 Å². The monoisotopic (exact) mass is 419 g/mol. The van der Waals surface area contributed by atoms with Crippen LogP contribution in [0.2, 0.25) is 0 Å². The number of fused-ring (bicyclic) bond motifs is 1. The number of hydrogen-bond donors (Lipinski definition) is 2. The Hall–Kier alpha value is -3.68. The molecule has 0 saturated carbocycles. The van der Waals surface area contributed by atoms with Gasteiger partial charge in [0.2, 0.25) is 5.91 Å². The van der Waals surface area contributed by atoms with Crippen LogP contribution in [0, 0.1) is 11.2 Å². The second-order valence-corrected chi connectivity index (χ2v) is 8.46. The van der Waals surface area contributed by atoms with Gasteiger partial charge in [-0.1, -0.05) is 13.8 Å². The first-order chi connectivity index (χ1) is 14.7. The third kappa shape index (κ3) is 4.28. The number of nitrogens with zero attached hydrogens (tertiary/aromatic N) is 3. The van der Waals surface area contributed by atoms with Crippen LogP contribution in [-0.4, -0.2) is 26.8 Å². The molecule has 0 spiro atoms. The molecule has 0 saturated heterocycles. The van der Waals surface area contributed by atoms with Gasteiger partial charge in [-0.05, 0) is 48.6 Å². The molecule has 1 aliphatic carbocycles. The van der Waals surface area contributed by atoms with Gasteiger partial charge in [0.25, 0.3) is 5.91 Å². The molecule has 1 atom stereocenters. The highest BCUT2D eigenvalue weighted by atomic mass is 19.1. The zero-order valence-corrected chi connectivity index (χ0v) is 17.2. The van der Waals surface area contributed by atoms with E-state index in [1.165, 1.54) is 12.1 Å². The van der Waals surface area contributed by atoms with Gasteiger partial charge in [0.05, 0.1) is 17.3 Å². The van der Waals surface area contributed by atoms with Crippen LogP contribution in [0.25, 0.3) is 11.4 Å². The Morgan fingerprint density at radius 2 is 1.94 bits per heavy atom. The highest BCUT2D eigenvalue weighted by Crippen LogP contribution is 2.40. The van der Waals surface area contributed by atoms with E-state index in [-0.39, 0.29) is 22.6 Å². The number of aromatic nitrogens is 3. The maximum absolute atomic E-state index is 14.4. The van der Waals surface area contributed by atoms with Crippen LogP contribution in [0.3, 0.4) is 0 Å². The van der Waals surface area contributed by atoms with Gasteiger partial charge >= 0.3 is 0 Å². The minimum atomic E-state index is -0.798. The molecule has 1 aliphatic rings. The first-order valence-corrected chi connectivity index (χ1v) is 9.90. The summed E-state index contributed by atoms with van der Waals surface area (Å²) in [7, 11) is 0. The summed E-state index contributed by atoms with van der Waals surface area (Å²) in [6.07, 6.45) is 6.48. The van der Waals surface area contributed by atoms with E-state index in [4.69, 9.17) is 10.7 Å². The predicted octanol–water partition coefficient (Wildman–Crippen LogP) is 3.22. The number of primary amides is 1. The van der Waals surface area contributed by atoms with Crippen molar-refractivity contribution in [1.82, 2.24) is 20.3 Å². The summed E-state index contributed by atoms with van der Waals surface area (Å²) < 4.78 is 14.4. The molecule has 7 nitrogen and oxygen atoms in total. The minimum Gasteiger partial charge on any atom is -0.366 e. The van der Waals surface area contributed by atoms with E-state index in [0.29, 0.717) is 12.2 Å². The van der Waals surface area contributed by atoms with Crippen molar-refractivity contribution in [3.05, 3.63) is 77.1 Å². The van der Waals surface area contributed by atoms with Crippen molar-refractivity contribution in [3.8, 4) is 11.4 Å². The lowest BCUT2D eigenvalue weighted by molar-refractivity contribution is 0.0912. The van der Waals surface area contributed by atoms with Gasteiger partial charge in [-0.2, -0.15) is 0 Å². The number of halogens is 1. The summed E-state index contributed by atoms with van der Waals surface area (Å²) >= 11 is 0. The van der Waals surface area contributed by atoms with E-state index in [2.05, 4.69) is 29.1 Å². The molecule has 4 rings (SSSR count). The lowest BCUT2D eigenvalue weighted by Gasteiger charge is -2.36. The fourth-order valence-electron chi connectivity index (χ4n) is 3.90. The normalized spacial score (nSPS) is 16.9. The van der Waals surface area contributed by atoms with Crippen molar-refractivity contribution < 1.29 is 14.0 Å². The average molecular weight is 419 g/mol. The smallest absolute Gasteiger partial charge is 0.254 e. The summed E-state index contributed by atoms with van der Waals surface area (Å²) in [6.45, 7) is 4.21. The summed E-state index contributed by atoms with van der Waals surface area (Å²) in [6, 6.07) is 6.89. The Morgan fingerprint density at radius 3 is 2.61 bits per heavy atom. The second kappa shape index (κ2) is 7.86. The Bertz CT molecular complexity index is 1160. The van der Waals surface area contributed by atoms with Crippen LogP contribution in [0.15, 0.2) is 48.9 Å². The number of carbonyl (C=O) groups excluding carboxylic acids is 2. The third-order valence-corrected chi connectivity index (χ3v) is 5.42. The molecule has 2 aromatic heterocycles. The molecule has 8 heteroatoms. The Labute approximate surface area is 178 Å². The SMILES string of the molecule is CC1(C)Cc2nc(-c3ccncc3)ncc2C(NC(=O)c2ccc(C(N)=O)cc2F)C1. The van der Waals surface area contributed by atoms with Gasteiger partial charge in [-0.25, -0.2) is 14.4 Å². The molecular formula is C23H22FN5O2. The summed E-state index contributed by atoms with van der Waals surface area (Å²) in [4.78, 5) is 37.3. The quantitative estimate of drug-likeness (QED) is 0.675. The van der Waals surface area contributed by atoms with Crippen molar-refractivity contribution in [2.75, 3.05) is 0 Å². The largest absolute Gasteiger partial charge is 0.366 e. The Kier molecular flexibility index (Phi) is 5.22. The number of benzene rings is 1. The standard InChI is InChI=1S/C23H22FN5O2/c1-23(2)10-18-16(12-27-21(28-18)13-5-7-26-8-6-13)19(11-23)29-22(31)15-4-3-14(20(25)30)9-17(15)24/h3-9,12,19H,10-11H2,1-2H3,(H2,25,30)(H,29,31). The molecular weight excluding hydrogens is 397 g/mol. The van der Waals surface area contributed by atoms with Gasteiger partial charge in [0, 0.05) is 35.3 Å². The lowest BCUT2D eigenvalue weighted by Crippen LogP contribution is -2.37. The fourth-order valence-corrected chi connectivity index (χ4v) is 3.90. The molecule has 0 bridgehead atoms. The molecule has 31 heavy (non-hydrogen) atoms. The highest BCUT2D eigenvalue weighted by molar-refractivity contribution is 5.97. The van der Waals surface area contributed by atoms with E-state index in [9.17, 15) is 14.0 Å². The average Bonchev–Trinajstić information content (AvgIpc) is 2.72. The zero-order chi connectivity index (χ0) is 22.2. The molecule has 0 radical (unpaired) electrons. The van der Waals surface area contributed by atoms with Gasteiger partial charge in [-0.15, -0.1) is 0 Å². The van der Waals surface area contributed by atoms with E-state index < -0.39 is 17.6 Å². The van der Waals surface area contributed by atoms with Gasteiger partial charge in [0.15, 0.2) is 5.82 Å². The first-order valence-electron chi connectivity index (χ1n) is 9.90. The van der Waals surface area contributed by atoms with Gasteiger partial charge in [-0.3, -0.25) is 14.6 Å². The van der Waals surface area contributed by atoms with Crippen LogP contribution in [0.1, 0.15) is 58.3 Å². The highest BCUT2D eigenvalue weighted by Gasteiger charge is 2.35. The van der Waals surface area contributed by atoms with Crippen LogP contribution < -0.4 is 11.1 Å². The van der Waals surface area contributed by atoms with Gasteiger partial charge in [0.1, 0.15) is 5.82 Å². The Balaban J connectivity index is 1.64. The molecule has 2 amide bonds. The molecule has 3 aromatic rings. The molecule has 158 valence electrons. The van der Waals surface area contributed by atoms with Crippen LogP contribution in [0.5, 0.6) is 0 Å². The van der Waals surface area contributed by atoms with Crippen LogP contribution in [0.4, 0.5) is 4.39 Å². The van der Waals surface area contributed by atoms with Crippen molar-refractivity contribution in [2.24, 2.45) is 11.1 Å².